The van der Waals surface area contributed by atoms with Gasteiger partial charge in [-0.3, -0.25) is 4.79 Å². The first-order valence-corrected chi connectivity index (χ1v) is 7.16. The van der Waals surface area contributed by atoms with Gasteiger partial charge in [-0.2, -0.15) is 0 Å². The highest BCUT2D eigenvalue weighted by Crippen LogP contribution is 2.12. The summed E-state index contributed by atoms with van der Waals surface area (Å²) < 4.78 is 10.6. The highest BCUT2D eigenvalue weighted by molar-refractivity contribution is 6.65. The molecule has 0 radical (unpaired) electrons. The van der Waals surface area contributed by atoms with Crippen LogP contribution in [0.2, 0.25) is 12.6 Å². The normalized spacial score (nSPS) is 11.6. The van der Waals surface area contributed by atoms with Crippen LogP contribution in [0.15, 0.2) is 0 Å². The second-order valence-corrected chi connectivity index (χ2v) is 6.87. The third-order valence-corrected chi connectivity index (χ3v) is 5.14. The van der Waals surface area contributed by atoms with Crippen LogP contribution < -0.4 is 11.1 Å². The van der Waals surface area contributed by atoms with Crippen LogP contribution in [-0.2, 0) is 13.6 Å². The second-order valence-electron chi connectivity index (χ2n) is 3.29. The van der Waals surface area contributed by atoms with E-state index in [4.69, 9.17) is 14.6 Å². The highest BCUT2D eigenvalue weighted by atomic mass is 28.4. The minimum Gasteiger partial charge on any atom is -0.398 e. The smallest absolute Gasteiger partial charge is 0.334 e. The van der Waals surface area contributed by atoms with Gasteiger partial charge in [0, 0.05) is 14.2 Å². The molecule has 0 heterocycles. The number of hydrogen-bond acceptors (Lipinski definition) is 4. The quantitative estimate of drug-likeness (QED) is 0.439. The van der Waals surface area contributed by atoms with Crippen LogP contribution in [0.4, 0.5) is 0 Å². The molecule has 14 heavy (non-hydrogen) atoms. The van der Waals surface area contributed by atoms with Crippen molar-refractivity contribution in [2.75, 3.05) is 27.3 Å². The molecule has 0 aromatic carbocycles. The van der Waals surface area contributed by atoms with Gasteiger partial charge in [0.2, 0.25) is 5.91 Å². The van der Waals surface area contributed by atoms with E-state index in [0.717, 1.165) is 19.0 Å². The summed E-state index contributed by atoms with van der Waals surface area (Å²) in [5.74, 6) is -0.330. The van der Waals surface area contributed by atoms with Gasteiger partial charge in [0.05, 0.1) is 6.54 Å². The van der Waals surface area contributed by atoms with Crippen LogP contribution in [0.25, 0.3) is 0 Å². The van der Waals surface area contributed by atoms with E-state index in [0.29, 0.717) is 0 Å². The van der Waals surface area contributed by atoms with E-state index in [1.165, 1.54) is 0 Å². The maximum Gasteiger partial charge on any atom is 0.334 e. The molecule has 0 spiro atoms. The van der Waals surface area contributed by atoms with Crippen LogP contribution in [-0.4, -0.2) is 41.8 Å². The van der Waals surface area contributed by atoms with Crippen molar-refractivity contribution in [3.63, 3.8) is 0 Å². The molecule has 0 aliphatic rings. The number of amides is 1. The van der Waals surface area contributed by atoms with Crippen molar-refractivity contribution in [2.24, 2.45) is 5.73 Å². The molecule has 0 aliphatic heterocycles. The number of hydrogen-bond donors (Lipinski definition) is 2. The fourth-order valence-corrected chi connectivity index (χ4v) is 2.43. The van der Waals surface area contributed by atoms with Crippen molar-refractivity contribution in [1.29, 1.82) is 0 Å². The van der Waals surface area contributed by atoms with Gasteiger partial charge in [-0.25, -0.2) is 0 Å². The van der Waals surface area contributed by atoms with Crippen molar-refractivity contribution >= 4 is 14.5 Å². The molecule has 0 rings (SSSR count). The zero-order chi connectivity index (χ0) is 11.0. The summed E-state index contributed by atoms with van der Waals surface area (Å²) in [5, 5.41) is 2.94. The summed E-state index contributed by atoms with van der Waals surface area (Å²) >= 11 is 0. The third-order valence-electron chi connectivity index (χ3n) is 2.15. The fraction of sp³-hybridized carbons (Fsp3) is 0.875. The minimum atomic E-state index is -1.93. The first-order valence-electron chi connectivity index (χ1n) is 4.63. The van der Waals surface area contributed by atoms with Gasteiger partial charge in [-0.1, -0.05) is 0 Å². The van der Waals surface area contributed by atoms with Crippen molar-refractivity contribution in [1.82, 2.24) is 5.32 Å². The summed E-state index contributed by atoms with van der Waals surface area (Å²) in [6, 6.07) is 0.908. The summed E-state index contributed by atoms with van der Waals surface area (Å²) in [5.41, 5.74) is 4.97. The predicted molar refractivity (Wildman–Crippen MR) is 57.1 cm³/mol. The molecule has 0 bridgehead atoms. The zero-order valence-corrected chi connectivity index (χ0v) is 10.1. The number of nitrogens with two attached hydrogens (primary N) is 1. The zero-order valence-electron chi connectivity index (χ0n) is 9.13. The van der Waals surface area contributed by atoms with Gasteiger partial charge < -0.3 is 19.9 Å². The molecule has 3 N–H and O–H groups in total. The average Bonchev–Trinajstić information content (AvgIpc) is 2.16. The molecule has 1 amide bonds. The number of primary amides is 1. The first-order chi connectivity index (χ1) is 6.54. The van der Waals surface area contributed by atoms with E-state index in [9.17, 15) is 4.79 Å². The molecular weight excluding hydrogens is 200 g/mol. The van der Waals surface area contributed by atoms with Crippen LogP contribution in [0.5, 0.6) is 0 Å². The lowest BCUT2D eigenvalue weighted by Crippen LogP contribution is -2.37. The highest BCUT2D eigenvalue weighted by Gasteiger charge is 2.27. The Hall–Kier alpha value is -0.433. The summed E-state index contributed by atoms with van der Waals surface area (Å²) in [6.45, 7) is 3.01. The van der Waals surface area contributed by atoms with Crippen molar-refractivity contribution in [3.8, 4) is 0 Å². The van der Waals surface area contributed by atoms with Crippen LogP contribution in [0, 0.1) is 0 Å². The Labute approximate surface area is 86.2 Å². The van der Waals surface area contributed by atoms with Crippen LogP contribution >= 0.6 is 0 Å². The summed E-state index contributed by atoms with van der Waals surface area (Å²) in [7, 11) is 1.42. The summed E-state index contributed by atoms with van der Waals surface area (Å²) in [6.07, 6.45) is 0.928. The Kier molecular flexibility index (Phi) is 6.72. The molecular formula is C8H20N2O3Si. The lowest BCUT2D eigenvalue weighted by atomic mass is 10.4. The monoisotopic (exact) mass is 220 g/mol. The average molecular weight is 220 g/mol. The molecule has 6 heteroatoms. The van der Waals surface area contributed by atoms with Gasteiger partial charge in [-0.15, -0.1) is 0 Å². The molecule has 0 unspecified atom stereocenters. The summed E-state index contributed by atoms with van der Waals surface area (Å²) in [4.78, 5) is 10.4. The molecule has 5 nitrogen and oxygen atoms in total. The number of rotatable bonds is 8. The molecule has 0 aliphatic carbocycles. The van der Waals surface area contributed by atoms with Crippen molar-refractivity contribution in [3.05, 3.63) is 0 Å². The minimum absolute atomic E-state index is 0.234. The van der Waals surface area contributed by atoms with Gasteiger partial charge >= 0.3 is 8.56 Å². The maximum atomic E-state index is 10.4. The van der Waals surface area contributed by atoms with Crippen molar-refractivity contribution in [2.45, 2.75) is 19.0 Å². The lowest BCUT2D eigenvalue weighted by molar-refractivity contribution is -0.117. The van der Waals surface area contributed by atoms with Gasteiger partial charge in [0.15, 0.2) is 0 Å². The Morgan fingerprint density at radius 3 is 2.43 bits per heavy atom. The number of carbonyl (C=O) groups is 1. The van der Waals surface area contributed by atoms with Gasteiger partial charge in [0.25, 0.3) is 0 Å². The topological polar surface area (TPSA) is 73.6 Å². The van der Waals surface area contributed by atoms with E-state index in [2.05, 4.69) is 5.32 Å². The largest absolute Gasteiger partial charge is 0.398 e. The molecule has 0 aromatic heterocycles. The van der Waals surface area contributed by atoms with Gasteiger partial charge in [0.1, 0.15) is 0 Å². The SMILES string of the molecule is CO[Si](C)(CCCNCC(N)=O)OC. The maximum absolute atomic E-state index is 10.4. The van der Waals surface area contributed by atoms with Crippen molar-refractivity contribution < 1.29 is 13.6 Å². The van der Waals surface area contributed by atoms with E-state index in [-0.39, 0.29) is 12.5 Å². The third kappa shape index (κ3) is 6.09. The van der Waals surface area contributed by atoms with Crippen LogP contribution in [0.3, 0.4) is 0 Å². The number of nitrogens with one attached hydrogen (secondary N) is 1. The standard InChI is InChI=1S/C8H20N2O3Si/c1-12-14(3,13-2)6-4-5-10-7-8(9)11/h10H,4-7H2,1-3H3,(H2,9,11). The molecule has 0 saturated carbocycles. The van der Waals surface area contributed by atoms with E-state index >= 15 is 0 Å². The lowest BCUT2D eigenvalue weighted by Gasteiger charge is -2.22. The predicted octanol–water partition coefficient (Wildman–Crippen LogP) is -0.184. The molecule has 0 aromatic rings. The second kappa shape index (κ2) is 6.94. The van der Waals surface area contributed by atoms with E-state index in [1.54, 1.807) is 14.2 Å². The Morgan fingerprint density at radius 2 is 2.00 bits per heavy atom. The molecule has 84 valence electrons. The first kappa shape index (κ1) is 13.6. The molecule has 0 atom stereocenters. The van der Waals surface area contributed by atoms with E-state index < -0.39 is 8.56 Å². The Balaban J connectivity index is 3.47. The van der Waals surface area contributed by atoms with Gasteiger partial charge in [-0.05, 0) is 25.6 Å². The molecule has 0 fully saturated rings. The van der Waals surface area contributed by atoms with E-state index in [1.807, 2.05) is 6.55 Å². The number of carbonyl (C=O) groups excluding carboxylic acids is 1. The fourth-order valence-electron chi connectivity index (χ4n) is 1.03. The molecule has 0 saturated heterocycles. The Bertz CT molecular complexity index is 174. The van der Waals surface area contributed by atoms with Crippen LogP contribution in [0.1, 0.15) is 6.42 Å². The Morgan fingerprint density at radius 1 is 1.43 bits per heavy atom.